The molecule has 0 spiro atoms. The minimum Gasteiger partial charge on any atom is -0.471 e. The van der Waals surface area contributed by atoms with Crippen LogP contribution in [0, 0.1) is 20.8 Å². The van der Waals surface area contributed by atoms with Crippen LogP contribution in [0.25, 0.3) is 0 Å². The lowest BCUT2D eigenvalue weighted by atomic mass is 10.2. The van der Waals surface area contributed by atoms with E-state index in [-0.39, 0.29) is 0 Å². The number of hydrogen-bond acceptors (Lipinski definition) is 3. The molecule has 2 N–H and O–H groups in total. The van der Waals surface area contributed by atoms with Crippen molar-refractivity contribution in [2.45, 2.75) is 27.5 Å². The number of nitrogen functional groups attached to an aromatic ring is 1. The summed E-state index contributed by atoms with van der Waals surface area (Å²) in [7, 11) is 0. The normalized spacial score (nSPS) is 10.5. The summed E-state index contributed by atoms with van der Waals surface area (Å²) in [5, 5.41) is 4.31. The lowest BCUT2D eigenvalue weighted by Gasteiger charge is -2.08. The molecule has 0 aliphatic heterocycles. The van der Waals surface area contributed by atoms with Gasteiger partial charge < -0.3 is 10.5 Å². The molecule has 4 heteroatoms. The molecule has 0 atom stereocenters. The van der Waals surface area contributed by atoms with Crippen LogP contribution in [-0.2, 0) is 6.73 Å². The fraction of sp³-hybridized carbons (Fsp3) is 0.308. The summed E-state index contributed by atoms with van der Waals surface area (Å²) >= 11 is 0. The molecular weight excluding hydrogens is 214 g/mol. The zero-order valence-electron chi connectivity index (χ0n) is 10.4. The van der Waals surface area contributed by atoms with Crippen LogP contribution in [-0.4, -0.2) is 9.78 Å². The first kappa shape index (κ1) is 11.5. The van der Waals surface area contributed by atoms with E-state index in [1.807, 2.05) is 45.0 Å². The third-order valence-electron chi connectivity index (χ3n) is 2.78. The van der Waals surface area contributed by atoms with Crippen LogP contribution in [0.2, 0.25) is 0 Å². The van der Waals surface area contributed by atoms with E-state index in [2.05, 4.69) is 5.10 Å². The summed E-state index contributed by atoms with van der Waals surface area (Å²) in [6, 6.07) is 7.94. The van der Waals surface area contributed by atoms with E-state index in [1.54, 1.807) is 4.68 Å². The van der Waals surface area contributed by atoms with Crippen molar-refractivity contribution >= 4 is 5.69 Å². The van der Waals surface area contributed by atoms with Crippen molar-refractivity contribution in [3.63, 3.8) is 0 Å². The highest BCUT2D eigenvalue weighted by Gasteiger charge is 2.07. The maximum Gasteiger partial charge on any atom is 0.181 e. The van der Waals surface area contributed by atoms with Gasteiger partial charge in [0.15, 0.2) is 6.73 Å². The molecule has 0 amide bonds. The van der Waals surface area contributed by atoms with Gasteiger partial charge >= 0.3 is 0 Å². The average molecular weight is 231 g/mol. The van der Waals surface area contributed by atoms with Crippen molar-refractivity contribution < 1.29 is 4.74 Å². The fourth-order valence-electron chi connectivity index (χ4n) is 1.68. The second kappa shape index (κ2) is 4.49. The lowest BCUT2D eigenvalue weighted by molar-refractivity contribution is 0.218. The van der Waals surface area contributed by atoms with E-state index in [0.29, 0.717) is 6.73 Å². The van der Waals surface area contributed by atoms with Crippen LogP contribution in [0.1, 0.15) is 17.0 Å². The Balaban J connectivity index is 2.10. The van der Waals surface area contributed by atoms with Gasteiger partial charge in [0, 0.05) is 0 Å². The summed E-state index contributed by atoms with van der Waals surface area (Å²) in [5.41, 5.74) is 9.55. The molecule has 1 aromatic carbocycles. The standard InChI is InChI=1S/C13H17N3O/c1-9-5-4-6-12(7-9)17-8-16-11(3)13(14)10(2)15-16/h4-7H,8,14H2,1-3H3. The highest BCUT2D eigenvalue weighted by molar-refractivity contribution is 5.46. The van der Waals surface area contributed by atoms with Gasteiger partial charge in [-0.1, -0.05) is 12.1 Å². The molecule has 4 nitrogen and oxygen atoms in total. The van der Waals surface area contributed by atoms with Gasteiger partial charge in [0.2, 0.25) is 0 Å². The molecule has 0 saturated heterocycles. The van der Waals surface area contributed by atoms with Gasteiger partial charge in [0.05, 0.1) is 17.1 Å². The van der Waals surface area contributed by atoms with Gasteiger partial charge in [0.1, 0.15) is 5.75 Å². The molecule has 2 aromatic rings. The van der Waals surface area contributed by atoms with Crippen LogP contribution < -0.4 is 10.5 Å². The maximum atomic E-state index is 5.86. The Kier molecular flexibility index (Phi) is 3.04. The van der Waals surface area contributed by atoms with Crippen molar-refractivity contribution in [3.05, 3.63) is 41.2 Å². The SMILES string of the molecule is Cc1cccc(OCn2nc(C)c(N)c2C)c1. The number of ether oxygens (including phenoxy) is 1. The van der Waals surface area contributed by atoms with Gasteiger partial charge in [0.25, 0.3) is 0 Å². The van der Waals surface area contributed by atoms with Crippen LogP contribution in [0.3, 0.4) is 0 Å². The van der Waals surface area contributed by atoms with Crippen LogP contribution in [0.4, 0.5) is 5.69 Å². The maximum absolute atomic E-state index is 5.86. The molecule has 0 aliphatic carbocycles. The van der Waals surface area contributed by atoms with Crippen molar-refractivity contribution in [2.75, 3.05) is 5.73 Å². The number of anilines is 1. The van der Waals surface area contributed by atoms with Crippen LogP contribution in [0.15, 0.2) is 24.3 Å². The predicted molar refractivity (Wildman–Crippen MR) is 67.9 cm³/mol. The van der Waals surface area contributed by atoms with Gasteiger partial charge in [-0.25, -0.2) is 4.68 Å². The number of nitrogens with zero attached hydrogens (tertiary/aromatic N) is 2. The third kappa shape index (κ3) is 2.41. The molecule has 1 heterocycles. The molecular formula is C13H17N3O. The Morgan fingerprint density at radius 3 is 2.65 bits per heavy atom. The Hall–Kier alpha value is -1.97. The van der Waals surface area contributed by atoms with E-state index in [0.717, 1.165) is 22.8 Å². The quantitative estimate of drug-likeness (QED) is 0.882. The largest absolute Gasteiger partial charge is 0.471 e. The summed E-state index contributed by atoms with van der Waals surface area (Å²) < 4.78 is 7.44. The Morgan fingerprint density at radius 2 is 2.06 bits per heavy atom. The average Bonchev–Trinajstić information content (AvgIpc) is 2.54. The molecule has 0 bridgehead atoms. The minimum absolute atomic E-state index is 0.382. The summed E-state index contributed by atoms with van der Waals surface area (Å²) in [6.07, 6.45) is 0. The minimum atomic E-state index is 0.382. The van der Waals surface area contributed by atoms with E-state index in [9.17, 15) is 0 Å². The first-order valence-corrected chi connectivity index (χ1v) is 5.57. The zero-order valence-corrected chi connectivity index (χ0v) is 10.4. The molecule has 17 heavy (non-hydrogen) atoms. The van der Waals surface area contributed by atoms with Crippen molar-refractivity contribution in [1.29, 1.82) is 0 Å². The van der Waals surface area contributed by atoms with Gasteiger partial charge in [-0.2, -0.15) is 5.10 Å². The number of aromatic nitrogens is 2. The van der Waals surface area contributed by atoms with Crippen LogP contribution in [0.5, 0.6) is 5.75 Å². The van der Waals surface area contributed by atoms with E-state index < -0.39 is 0 Å². The molecule has 90 valence electrons. The molecule has 2 rings (SSSR count). The number of rotatable bonds is 3. The molecule has 0 aliphatic rings. The summed E-state index contributed by atoms with van der Waals surface area (Å²) in [6.45, 7) is 6.25. The van der Waals surface area contributed by atoms with Crippen LogP contribution >= 0.6 is 0 Å². The first-order chi connectivity index (χ1) is 8.08. The smallest absolute Gasteiger partial charge is 0.181 e. The monoisotopic (exact) mass is 231 g/mol. The highest BCUT2D eigenvalue weighted by Crippen LogP contribution is 2.17. The second-order valence-electron chi connectivity index (χ2n) is 4.17. The number of nitrogens with two attached hydrogens (primary N) is 1. The zero-order chi connectivity index (χ0) is 12.4. The van der Waals surface area contributed by atoms with Crippen molar-refractivity contribution in [3.8, 4) is 5.75 Å². The predicted octanol–water partition coefficient (Wildman–Crippen LogP) is 2.43. The fourth-order valence-corrected chi connectivity index (χ4v) is 1.68. The van der Waals surface area contributed by atoms with E-state index in [1.165, 1.54) is 5.56 Å². The van der Waals surface area contributed by atoms with Crippen molar-refractivity contribution in [2.24, 2.45) is 0 Å². The third-order valence-corrected chi connectivity index (χ3v) is 2.78. The number of aryl methyl sites for hydroxylation is 2. The summed E-state index contributed by atoms with van der Waals surface area (Å²) in [5.74, 6) is 0.844. The van der Waals surface area contributed by atoms with E-state index in [4.69, 9.17) is 10.5 Å². The van der Waals surface area contributed by atoms with Gasteiger partial charge in [-0.05, 0) is 38.5 Å². The molecule has 0 unspecified atom stereocenters. The Bertz CT molecular complexity index is 531. The number of hydrogen-bond donors (Lipinski definition) is 1. The molecule has 0 fully saturated rings. The van der Waals surface area contributed by atoms with E-state index >= 15 is 0 Å². The van der Waals surface area contributed by atoms with Gasteiger partial charge in [-0.15, -0.1) is 0 Å². The van der Waals surface area contributed by atoms with Crippen molar-refractivity contribution in [1.82, 2.24) is 9.78 Å². The molecule has 0 radical (unpaired) electrons. The number of benzene rings is 1. The Morgan fingerprint density at radius 1 is 1.29 bits per heavy atom. The first-order valence-electron chi connectivity index (χ1n) is 5.57. The summed E-state index contributed by atoms with van der Waals surface area (Å²) in [4.78, 5) is 0. The Labute approximate surface area is 101 Å². The van der Waals surface area contributed by atoms with Gasteiger partial charge in [-0.3, -0.25) is 0 Å². The molecule has 1 aromatic heterocycles. The topological polar surface area (TPSA) is 53.1 Å². The lowest BCUT2D eigenvalue weighted by Crippen LogP contribution is -2.08. The second-order valence-corrected chi connectivity index (χ2v) is 4.17. The highest BCUT2D eigenvalue weighted by atomic mass is 16.5. The molecule has 0 saturated carbocycles.